The van der Waals surface area contributed by atoms with Crippen LogP contribution in [0.2, 0.25) is 0 Å². The second kappa shape index (κ2) is 18.8. The molecule has 7 nitrogen and oxygen atoms in total. The van der Waals surface area contributed by atoms with Gasteiger partial charge in [-0.1, -0.05) is 195 Å². The molecule has 0 unspecified atom stereocenters. The third-order valence-corrected chi connectivity index (χ3v) is 16.9. The molecule has 392 valence electrons. The molecule has 5 heterocycles. The minimum absolute atomic E-state index is 0.541. The van der Waals surface area contributed by atoms with E-state index in [4.69, 9.17) is 15.0 Å². The molecule has 7 heteroatoms. The SMILES string of the molecule is C=Cc1cccc(-c2cccc(-c3nc(-c4cc(-n5c6ccccc6c6ccccc65)cc(-n5c6ccccc6c6ccccc65)c4)nc(-c4cc(-n5c6ccccc6c6ccccc65)cc(-n5c6ccccc6c6ccccc65)c4)n3)c2)c1. The van der Waals surface area contributed by atoms with Crippen molar-refractivity contribution < 1.29 is 0 Å². The van der Waals surface area contributed by atoms with Gasteiger partial charge in [0.05, 0.1) is 44.1 Å². The van der Waals surface area contributed by atoms with Gasteiger partial charge in [-0.3, -0.25) is 0 Å². The van der Waals surface area contributed by atoms with Gasteiger partial charge in [0.2, 0.25) is 0 Å². The minimum Gasteiger partial charge on any atom is -0.309 e. The number of fused-ring (bicyclic) bond motifs is 12. The molecule has 0 saturated carbocycles. The van der Waals surface area contributed by atoms with Crippen LogP contribution in [0.3, 0.4) is 0 Å². The molecule has 0 aliphatic carbocycles. The highest BCUT2D eigenvalue weighted by molar-refractivity contribution is 6.13. The molecular weight excluding hydrogens is 1020 g/mol. The van der Waals surface area contributed by atoms with Gasteiger partial charge in [-0.15, -0.1) is 0 Å². The van der Waals surface area contributed by atoms with E-state index >= 15 is 0 Å². The average molecular weight is 1070 g/mol. The van der Waals surface area contributed by atoms with E-state index in [0.29, 0.717) is 17.5 Å². The second-order valence-corrected chi connectivity index (χ2v) is 21.7. The number of aromatic nitrogens is 7. The Labute approximate surface area is 483 Å². The molecule has 5 aromatic heterocycles. The predicted octanol–water partition coefficient (Wildman–Crippen LogP) is 19.6. The van der Waals surface area contributed by atoms with Gasteiger partial charge in [-0.05, 0) is 114 Å². The van der Waals surface area contributed by atoms with Crippen LogP contribution in [-0.4, -0.2) is 33.2 Å². The van der Waals surface area contributed by atoms with Crippen LogP contribution in [0.1, 0.15) is 5.56 Å². The molecule has 17 rings (SSSR count). The Kier molecular flexibility index (Phi) is 10.6. The molecule has 0 N–H and O–H groups in total. The van der Waals surface area contributed by atoms with E-state index in [0.717, 1.165) is 100 Å². The summed E-state index contributed by atoms with van der Waals surface area (Å²) in [5.41, 5.74) is 18.5. The van der Waals surface area contributed by atoms with Crippen molar-refractivity contribution in [3.05, 3.63) is 291 Å². The summed E-state index contributed by atoms with van der Waals surface area (Å²) >= 11 is 0. The first-order chi connectivity index (χ1) is 41.6. The average Bonchev–Trinajstić information content (AvgIpc) is 2.52. The molecule has 17 aromatic rings. The normalized spacial score (nSPS) is 11.9. The lowest BCUT2D eigenvalue weighted by Crippen LogP contribution is -2.05. The Morgan fingerprint density at radius 3 is 0.774 bits per heavy atom. The molecule has 0 spiro atoms. The van der Waals surface area contributed by atoms with Gasteiger partial charge in [0.15, 0.2) is 17.5 Å². The lowest BCUT2D eigenvalue weighted by atomic mass is 10.0. The summed E-state index contributed by atoms with van der Waals surface area (Å²) in [7, 11) is 0. The van der Waals surface area contributed by atoms with Gasteiger partial charge in [-0.25, -0.2) is 15.0 Å². The van der Waals surface area contributed by atoms with Gasteiger partial charge < -0.3 is 18.3 Å². The first kappa shape index (κ1) is 47.4. The molecule has 12 aromatic carbocycles. The smallest absolute Gasteiger partial charge is 0.164 e. The van der Waals surface area contributed by atoms with E-state index in [1.807, 2.05) is 6.08 Å². The van der Waals surface area contributed by atoms with E-state index < -0.39 is 0 Å². The monoisotopic (exact) mass is 1070 g/mol. The van der Waals surface area contributed by atoms with Crippen molar-refractivity contribution in [2.24, 2.45) is 0 Å². The number of para-hydroxylation sites is 8. The first-order valence-corrected chi connectivity index (χ1v) is 28.4. The Balaban J connectivity index is 0.978. The van der Waals surface area contributed by atoms with Crippen LogP contribution in [0, 0.1) is 0 Å². The molecule has 0 saturated heterocycles. The van der Waals surface area contributed by atoms with Crippen molar-refractivity contribution in [1.82, 2.24) is 33.2 Å². The van der Waals surface area contributed by atoms with Gasteiger partial charge in [-0.2, -0.15) is 0 Å². The Bertz CT molecular complexity index is 4780. The number of rotatable bonds is 9. The van der Waals surface area contributed by atoms with Crippen LogP contribution < -0.4 is 0 Å². The Morgan fingerprint density at radius 2 is 0.476 bits per heavy atom. The molecule has 0 atom stereocenters. The van der Waals surface area contributed by atoms with Crippen LogP contribution >= 0.6 is 0 Å². The maximum Gasteiger partial charge on any atom is 0.164 e. The first-order valence-electron chi connectivity index (χ1n) is 28.4. The fourth-order valence-corrected chi connectivity index (χ4v) is 13.2. The van der Waals surface area contributed by atoms with Crippen molar-refractivity contribution in [1.29, 1.82) is 0 Å². The molecular formula is C77H49N7. The highest BCUT2D eigenvalue weighted by atomic mass is 15.1. The molecule has 0 aliphatic heterocycles. The van der Waals surface area contributed by atoms with Gasteiger partial charge >= 0.3 is 0 Å². The number of nitrogens with zero attached hydrogens (tertiary/aromatic N) is 7. The molecule has 0 aliphatic rings. The van der Waals surface area contributed by atoms with E-state index in [9.17, 15) is 0 Å². The van der Waals surface area contributed by atoms with E-state index in [1.54, 1.807) is 0 Å². The molecule has 0 bridgehead atoms. The fourth-order valence-electron chi connectivity index (χ4n) is 13.2. The van der Waals surface area contributed by atoms with Crippen LogP contribution in [0.25, 0.3) is 161 Å². The lowest BCUT2D eigenvalue weighted by Gasteiger charge is -2.17. The minimum atomic E-state index is 0.541. The number of benzene rings is 12. The maximum atomic E-state index is 5.72. The summed E-state index contributed by atoms with van der Waals surface area (Å²) in [4.78, 5) is 16.9. The van der Waals surface area contributed by atoms with Gasteiger partial charge in [0, 0.05) is 82.5 Å². The zero-order valence-corrected chi connectivity index (χ0v) is 45.5. The number of hydrogen-bond donors (Lipinski definition) is 0. The summed E-state index contributed by atoms with van der Waals surface area (Å²) in [5, 5.41) is 9.46. The Hall–Kier alpha value is -11.4. The summed E-state index contributed by atoms with van der Waals surface area (Å²) < 4.78 is 9.57. The van der Waals surface area contributed by atoms with Crippen molar-refractivity contribution in [3.8, 4) is 68.0 Å². The highest BCUT2D eigenvalue weighted by Gasteiger charge is 2.23. The van der Waals surface area contributed by atoms with E-state index in [1.165, 1.54) is 43.1 Å². The fraction of sp³-hybridized carbons (Fsp3) is 0. The molecule has 0 amide bonds. The Morgan fingerprint density at radius 1 is 0.226 bits per heavy atom. The molecule has 0 radical (unpaired) electrons. The van der Waals surface area contributed by atoms with Gasteiger partial charge in [0.1, 0.15) is 0 Å². The van der Waals surface area contributed by atoms with E-state index in [-0.39, 0.29) is 0 Å². The second-order valence-electron chi connectivity index (χ2n) is 21.7. The quantitative estimate of drug-likeness (QED) is 0.145. The van der Waals surface area contributed by atoms with Crippen molar-refractivity contribution >= 4 is 93.3 Å². The largest absolute Gasteiger partial charge is 0.309 e. The number of hydrogen-bond acceptors (Lipinski definition) is 3. The van der Waals surface area contributed by atoms with Crippen molar-refractivity contribution in [2.75, 3.05) is 0 Å². The summed E-state index contributed by atoms with van der Waals surface area (Å²) in [5.74, 6) is 1.64. The zero-order valence-electron chi connectivity index (χ0n) is 45.5. The standard InChI is InChI=1S/C77H49N7/c1-2-49-21-19-22-50(41-49)51-23-20-24-52(42-51)75-78-76(53-43-55(81-67-33-11-3-25-59(67)60-26-4-12-34-68(60)81)47-56(44-53)82-69-35-13-5-27-61(69)62-28-6-14-36-70(62)82)80-77(79-75)54-45-57(83-71-37-15-7-29-63(71)64-30-8-16-38-72(64)83)48-58(46-54)84-73-39-17-9-31-65(73)66-32-10-18-40-74(66)84/h2-48H,1H2. The summed E-state index contributed by atoms with van der Waals surface area (Å²) in [6.07, 6.45) is 1.89. The molecule has 84 heavy (non-hydrogen) atoms. The third-order valence-electron chi connectivity index (χ3n) is 16.9. The van der Waals surface area contributed by atoms with Gasteiger partial charge in [0.25, 0.3) is 0 Å². The van der Waals surface area contributed by atoms with Crippen molar-refractivity contribution in [3.63, 3.8) is 0 Å². The van der Waals surface area contributed by atoms with Crippen LogP contribution in [0.5, 0.6) is 0 Å². The van der Waals surface area contributed by atoms with Crippen LogP contribution in [0.4, 0.5) is 0 Å². The van der Waals surface area contributed by atoms with Crippen LogP contribution in [0.15, 0.2) is 286 Å². The topological polar surface area (TPSA) is 58.4 Å². The molecule has 0 fully saturated rings. The van der Waals surface area contributed by atoms with Crippen LogP contribution in [-0.2, 0) is 0 Å². The predicted molar refractivity (Wildman–Crippen MR) is 349 cm³/mol. The zero-order chi connectivity index (χ0) is 55.4. The lowest BCUT2D eigenvalue weighted by molar-refractivity contribution is 1.06. The maximum absolute atomic E-state index is 5.72. The highest BCUT2D eigenvalue weighted by Crippen LogP contribution is 2.41. The third kappa shape index (κ3) is 7.42. The van der Waals surface area contributed by atoms with Crippen molar-refractivity contribution in [2.45, 2.75) is 0 Å². The van der Waals surface area contributed by atoms with E-state index in [2.05, 4.69) is 304 Å². The summed E-state index contributed by atoms with van der Waals surface area (Å²) in [6.45, 7) is 4.08. The summed E-state index contributed by atoms with van der Waals surface area (Å²) in [6, 6.07) is 100.